The molecule has 1 aliphatic heterocycles. The number of esters is 1. The Morgan fingerprint density at radius 1 is 1.35 bits per heavy atom. The minimum Gasteiger partial charge on any atom is -0.465 e. The van der Waals surface area contributed by atoms with E-state index in [0.717, 1.165) is 11.1 Å². The summed E-state index contributed by atoms with van der Waals surface area (Å²) >= 11 is 0. The van der Waals surface area contributed by atoms with Gasteiger partial charge in [0.05, 0.1) is 12.0 Å². The maximum Gasteiger partial charge on any atom is 0.316 e. The second-order valence-electron chi connectivity index (χ2n) is 5.02. The summed E-state index contributed by atoms with van der Waals surface area (Å²) < 4.78 is 10.7. The highest BCUT2D eigenvalue weighted by atomic mass is 16.5. The summed E-state index contributed by atoms with van der Waals surface area (Å²) in [6.45, 7) is 7.08. The number of carbonyl (C=O) groups is 1. The Balaban J connectivity index is 2.35. The van der Waals surface area contributed by atoms with Crippen molar-refractivity contribution >= 4 is 11.7 Å². The van der Waals surface area contributed by atoms with Gasteiger partial charge in [-0.2, -0.15) is 0 Å². The third-order valence-corrected chi connectivity index (χ3v) is 3.82. The molecular formula is C16H21NO3. The van der Waals surface area contributed by atoms with E-state index in [-0.39, 0.29) is 5.97 Å². The zero-order chi connectivity index (χ0) is 14.6. The van der Waals surface area contributed by atoms with Crippen LogP contribution in [0.1, 0.15) is 30.9 Å². The van der Waals surface area contributed by atoms with Gasteiger partial charge in [-0.25, -0.2) is 0 Å². The SMILES string of the molecule is C=C(N)c1ccc(C2(C(=O)OCC)CCOCC2)cc1. The lowest BCUT2D eigenvalue weighted by Gasteiger charge is -2.35. The molecule has 0 spiro atoms. The summed E-state index contributed by atoms with van der Waals surface area (Å²) in [5.41, 5.74) is 7.44. The maximum absolute atomic E-state index is 12.4. The fraction of sp³-hybridized carbons (Fsp3) is 0.438. The topological polar surface area (TPSA) is 61.6 Å². The van der Waals surface area contributed by atoms with Crippen LogP contribution >= 0.6 is 0 Å². The van der Waals surface area contributed by atoms with Gasteiger partial charge in [0.25, 0.3) is 0 Å². The lowest BCUT2D eigenvalue weighted by molar-refractivity contribution is -0.154. The van der Waals surface area contributed by atoms with E-state index in [1.54, 1.807) is 0 Å². The molecule has 1 aliphatic rings. The molecule has 0 unspecified atom stereocenters. The maximum atomic E-state index is 12.4. The first-order valence-corrected chi connectivity index (χ1v) is 6.90. The highest BCUT2D eigenvalue weighted by Crippen LogP contribution is 2.36. The van der Waals surface area contributed by atoms with Gasteiger partial charge in [-0.15, -0.1) is 0 Å². The number of ether oxygens (including phenoxy) is 2. The third-order valence-electron chi connectivity index (χ3n) is 3.82. The fourth-order valence-electron chi connectivity index (χ4n) is 2.60. The lowest BCUT2D eigenvalue weighted by Crippen LogP contribution is -2.42. The standard InChI is InChI=1S/C16H21NO3/c1-3-20-15(18)16(8-10-19-11-9-16)14-6-4-13(5-7-14)12(2)17/h4-7H,2-3,8-11,17H2,1H3. The van der Waals surface area contributed by atoms with Gasteiger partial charge in [0.1, 0.15) is 0 Å². The molecule has 0 bridgehead atoms. The highest BCUT2D eigenvalue weighted by Gasteiger charge is 2.43. The molecule has 0 aromatic heterocycles. The number of hydrogen-bond donors (Lipinski definition) is 1. The zero-order valence-corrected chi connectivity index (χ0v) is 11.9. The van der Waals surface area contributed by atoms with Crippen LogP contribution in [0.25, 0.3) is 5.70 Å². The molecule has 2 N–H and O–H groups in total. The van der Waals surface area contributed by atoms with Gasteiger partial charge in [-0.3, -0.25) is 4.79 Å². The Morgan fingerprint density at radius 2 is 1.95 bits per heavy atom. The van der Waals surface area contributed by atoms with Crippen molar-refractivity contribution in [2.45, 2.75) is 25.2 Å². The van der Waals surface area contributed by atoms with Gasteiger partial charge >= 0.3 is 5.97 Å². The molecule has 0 aliphatic carbocycles. The molecule has 0 radical (unpaired) electrons. The average Bonchev–Trinajstić information content (AvgIpc) is 2.48. The van der Waals surface area contributed by atoms with E-state index in [2.05, 4.69) is 6.58 Å². The van der Waals surface area contributed by atoms with Crippen molar-refractivity contribution in [1.82, 2.24) is 0 Å². The molecule has 1 saturated heterocycles. The number of carbonyl (C=O) groups excluding carboxylic acids is 1. The molecule has 1 heterocycles. The molecule has 0 amide bonds. The average molecular weight is 275 g/mol. The van der Waals surface area contributed by atoms with Crippen LogP contribution in [0.15, 0.2) is 30.8 Å². The molecule has 1 aromatic rings. The van der Waals surface area contributed by atoms with Gasteiger partial charge in [0.2, 0.25) is 0 Å². The quantitative estimate of drug-likeness (QED) is 0.856. The van der Waals surface area contributed by atoms with Crippen LogP contribution < -0.4 is 5.73 Å². The van der Waals surface area contributed by atoms with Crippen molar-refractivity contribution in [2.75, 3.05) is 19.8 Å². The minimum atomic E-state index is -0.595. The Kier molecular flexibility index (Phi) is 4.45. The van der Waals surface area contributed by atoms with E-state index in [4.69, 9.17) is 15.2 Å². The van der Waals surface area contributed by atoms with E-state index in [1.807, 2.05) is 31.2 Å². The second kappa shape index (κ2) is 6.09. The molecule has 1 fully saturated rings. The summed E-state index contributed by atoms with van der Waals surface area (Å²) in [6, 6.07) is 7.67. The Morgan fingerprint density at radius 3 is 2.45 bits per heavy atom. The summed E-state index contributed by atoms with van der Waals surface area (Å²) in [7, 11) is 0. The van der Waals surface area contributed by atoms with Crippen LogP contribution in [0.4, 0.5) is 0 Å². The fourth-order valence-corrected chi connectivity index (χ4v) is 2.60. The van der Waals surface area contributed by atoms with Gasteiger partial charge in [0, 0.05) is 18.9 Å². The summed E-state index contributed by atoms with van der Waals surface area (Å²) in [6.07, 6.45) is 1.30. The smallest absolute Gasteiger partial charge is 0.316 e. The molecule has 0 atom stereocenters. The van der Waals surface area contributed by atoms with Crippen molar-refractivity contribution < 1.29 is 14.3 Å². The molecule has 0 saturated carbocycles. The first kappa shape index (κ1) is 14.6. The molecular weight excluding hydrogens is 254 g/mol. The summed E-state index contributed by atoms with van der Waals surface area (Å²) in [5, 5.41) is 0. The number of nitrogens with two attached hydrogens (primary N) is 1. The van der Waals surface area contributed by atoms with Gasteiger partial charge in [-0.1, -0.05) is 30.8 Å². The van der Waals surface area contributed by atoms with E-state index in [1.165, 1.54) is 0 Å². The van der Waals surface area contributed by atoms with Crippen molar-refractivity contribution in [3.8, 4) is 0 Å². The predicted molar refractivity (Wildman–Crippen MR) is 78.0 cm³/mol. The van der Waals surface area contributed by atoms with Gasteiger partial charge < -0.3 is 15.2 Å². The van der Waals surface area contributed by atoms with E-state index >= 15 is 0 Å². The second-order valence-corrected chi connectivity index (χ2v) is 5.02. The normalized spacial score (nSPS) is 17.4. The lowest BCUT2D eigenvalue weighted by atomic mass is 9.74. The monoisotopic (exact) mass is 275 g/mol. The van der Waals surface area contributed by atoms with Crippen molar-refractivity contribution in [3.05, 3.63) is 42.0 Å². The van der Waals surface area contributed by atoms with Crippen LogP contribution in [0, 0.1) is 0 Å². The summed E-state index contributed by atoms with van der Waals surface area (Å²) in [4.78, 5) is 12.4. The summed E-state index contributed by atoms with van der Waals surface area (Å²) in [5.74, 6) is -0.164. The Labute approximate surface area is 119 Å². The molecule has 20 heavy (non-hydrogen) atoms. The molecule has 1 aromatic carbocycles. The molecule has 4 nitrogen and oxygen atoms in total. The Hall–Kier alpha value is -1.81. The minimum absolute atomic E-state index is 0.164. The van der Waals surface area contributed by atoms with Crippen LogP contribution in [0.5, 0.6) is 0 Å². The molecule has 108 valence electrons. The molecule has 2 rings (SSSR count). The van der Waals surface area contributed by atoms with Crippen molar-refractivity contribution in [2.24, 2.45) is 5.73 Å². The number of hydrogen-bond acceptors (Lipinski definition) is 4. The highest BCUT2D eigenvalue weighted by molar-refractivity contribution is 5.83. The van der Waals surface area contributed by atoms with Crippen LogP contribution in [0.3, 0.4) is 0 Å². The van der Waals surface area contributed by atoms with Crippen molar-refractivity contribution in [1.29, 1.82) is 0 Å². The van der Waals surface area contributed by atoms with E-state index in [9.17, 15) is 4.79 Å². The number of rotatable bonds is 4. The van der Waals surface area contributed by atoms with Crippen molar-refractivity contribution in [3.63, 3.8) is 0 Å². The largest absolute Gasteiger partial charge is 0.465 e. The van der Waals surface area contributed by atoms with E-state index in [0.29, 0.717) is 38.4 Å². The van der Waals surface area contributed by atoms with Gasteiger partial charge in [0.15, 0.2) is 0 Å². The van der Waals surface area contributed by atoms with Gasteiger partial charge in [-0.05, 0) is 30.9 Å². The third kappa shape index (κ3) is 2.70. The molecule has 4 heteroatoms. The van der Waals surface area contributed by atoms with Crippen LogP contribution in [-0.4, -0.2) is 25.8 Å². The zero-order valence-electron chi connectivity index (χ0n) is 11.9. The first-order chi connectivity index (χ1) is 9.60. The first-order valence-electron chi connectivity index (χ1n) is 6.90. The van der Waals surface area contributed by atoms with Crippen LogP contribution in [0.2, 0.25) is 0 Å². The van der Waals surface area contributed by atoms with Crippen LogP contribution in [-0.2, 0) is 19.7 Å². The Bertz CT molecular complexity index is 487. The predicted octanol–water partition coefficient (Wildman–Crippen LogP) is 2.23. The number of benzene rings is 1. The van der Waals surface area contributed by atoms with E-state index < -0.39 is 5.41 Å².